The Morgan fingerprint density at radius 2 is 2.21 bits per heavy atom. The topological polar surface area (TPSA) is 29.5 Å². The first-order chi connectivity index (χ1) is 6.65. The molecule has 0 spiro atoms. The van der Waals surface area contributed by atoms with Gasteiger partial charge in [0.15, 0.2) is 0 Å². The summed E-state index contributed by atoms with van der Waals surface area (Å²) < 4.78 is 4.58. The van der Waals surface area contributed by atoms with Crippen LogP contribution in [0.4, 0.5) is 0 Å². The zero-order valence-electron chi connectivity index (χ0n) is 9.08. The molecule has 0 fully saturated rings. The number of carbonyl (C=O) groups excluding carboxylic acids is 1. The molecule has 0 amide bonds. The molecule has 0 radical (unpaired) electrons. The third-order valence-electron chi connectivity index (χ3n) is 1.82. The summed E-state index contributed by atoms with van der Waals surface area (Å²) in [6.45, 7) is 11.7. The second-order valence-corrected chi connectivity index (χ2v) is 3.12. The molecule has 3 heteroatoms. The Morgan fingerprint density at radius 3 is 2.64 bits per heavy atom. The third kappa shape index (κ3) is 4.82. The Kier molecular flexibility index (Phi) is 6.76. The molecule has 0 aliphatic heterocycles. The minimum absolute atomic E-state index is 0.338. The molecular formula is C11H19NO2. The van der Waals surface area contributed by atoms with Crippen molar-refractivity contribution in [3.8, 4) is 0 Å². The van der Waals surface area contributed by atoms with Gasteiger partial charge in [-0.1, -0.05) is 19.6 Å². The van der Waals surface area contributed by atoms with Crippen molar-refractivity contribution >= 4 is 5.97 Å². The normalized spacial score (nSPS) is 9.93. The summed E-state index contributed by atoms with van der Waals surface area (Å²) in [6.07, 6.45) is 2.86. The maximum atomic E-state index is 11.1. The van der Waals surface area contributed by atoms with Crippen LogP contribution in [0.2, 0.25) is 0 Å². The van der Waals surface area contributed by atoms with E-state index in [-0.39, 0.29) is 5.97 Å². The molecule has 0 aromatic heterocycles. The van der Waals surface area contributed by atoms with Gasteiger partial charge in [-0.15, -0.1) is 6.58 Å². The molecule has 0 aliphatic carbocycles. The van der Waals surface area contributed by atoms with E-state index >= 15 is 0 Å². The first-order valence-corrected chi connectivity index (χ1v) is 4.75. The molecule has 0 heterocycles. The van der Waals surface area contributed by atoms with Crippen LogP contribution in [-0.4, -0.2) is 37.6 Å². The van der Waals surface area contributed by atoms with Crippen LogP contribution in [0.15, 0.2) is 24.8 Å². The van der Waals surface area contributed by atoms with Crippen molar-refractivity contribution in [1.82, 2.24) is 4.90 Å². The number of hydrogen-bond acceptors (Lipinski definition) is 3. The number of rotatable bonds is 7. The molecular weight excluding hydrogens is 178 g/mol. The predicted molar refractivity (Wildman–Crippen MR) is 58.1 cm³/mol. The van der Waals surface area contributed by atoms with Crippen LogP contribution < -0.4 is 0 Å². The van der Waals surface area contributed by atoms with Gasteiger partial charge in [0.25, 0.3) is 0 Å². The summed E-state index contributed by atoms with van der Waals surface area (Å²) in [5, 5.41) is 0. The Labute approximate surface area is 86.0 Å². The molecule has 0 aliphatic rings. The Hall–Kier alpha value is -1.09. The van der Waals surface area contributed by atoms with Crippen molar-refractivity contribution < 1.29 is 9.53 Å². The first-order valence-electron chi connectivity index (χ1n) is 4.75. The van der Waals surface area contributed by atoms with Crippen LogP contribution in [0.25, 0.3) is 0 Å². The van der Waals surface area contributed by atoms with E-state index in [1.807, 2.05) is 6.08 Å². The first kappa shape index (κ1) is 12.9. The molecule has 80 valence electrons. The number of carbonyl (C=O) groups is 1. The van der Waals surface area contributed by atoms with Gasteiger partial charge in [0.2, 0.25) is 0 Å². The zero-order valence-corrected chi connectivity index (χ0v) is 9.08. The van der Waals surface area contributed by atoms with Crippen LogP contribution in [0.3, 0.4) is 0 Å². The summed E-state index contributed by atoms with van der Waals surface area (Å²) in [6, 6.07) is 0. The summed E-state index contributed by atoms with van der Waals surface area (Å²) in [5.41, 5.74) is 0.489. The molecule has 0 aromatic carbocycles. The van der Waals surface area contributed by atoms with Crippen molar-refractivity contribution in [1.29, 1.82) is 0 Å². The molecule has 0 rings (SSSR count). The van der Waals surface area contributed by atoms with Crippen LogP contribution >= 0.6 is 0 Å². The number of hydrogen-bond donors (Lipinski definition) is 0. The fourth-order valence-electron chi connectivity index (χ4n) is 1.21. The van der Waals surface area contributed by atoms with E-state index < -0.39 is 0 Å². The Balaban J connectivity index is 4.07. The monoisotopic (exact) mass is 197 g/mol. The van der Waals surface area contributed by atoms with E-state index in [4.69, 9.17) is 0 Å². The molecule has 0 atom stereocenters. The van der Waals surface area contributed by atoms with Crippen LogP contribution in [0, 0.1) is 0 Å². The molecule has 3 nitrogen and oxygen atoms in total. The highest BCUT2D eigenvalue weighted by Gasteiger charge is 2.10. The van der Waals surface area contributed by atoms with Gasteiger partial charge in [0, 0.05) is 18.7 Å². The van der Waals surface area contributed by atoms with Gasteiger partial charge in [-0.2, -0.15) is 0 Å². The van der Waals surface area contributed by atoms with Gasteiger partial charge >= 0.3 is 5.97 Å². The lowest BCUT2D eigenvalue weighted by Gasteiger charge is -2.19. The van der Waals surface area contributed by atoms with Crippen LogP contribution in [0.1, 0.15) is 13.3 Å². The molecule has 0 saturated heterocycles. The highest BCUT2D eigenvalue weighted by Crippen LogP contribution is 2.00. The lowest BCUT2D eigenvalue weighted by atomic mass is 10.2. The van der Waals surface area contributed by atoms with Gasteiger partial charge in [-0.05, 0) is 13.0 Å². The van der Waals surface area contributed by atoms with Crippen molar-refractivity contribution in [3.63, 3.8) is 0 Å². The molecule has 14 heavy (non-hydrogen) atoms. The Bertz CT molecular complexity index is 211. The van der Waals surface area contributed by atoms with Crippen molar-refractivity contribution in [3.05, 3.63) is 24.8 Å². The predicted octanol–water partition coefficient (Wildman–Crippen LogP) is 1.61. The summed E-state index contributed by atoms with van der Waals surface area (Å²) >= 11 is 0. The van der Waals surface area contributed by atoms with Crippen molar-refractivity contribution in [2.24, 2.45) is 0 Å². The third-order valence-corrected chi connectivity index (χ3v) is 1.82. The average molecular weight is 197 g/mol. The van der Waals surface area contributed by atoms with E-state index in [0.29, 0.717) is 12.1 Å². The molecule has 0 aromatic rings. The van der Waals surface area contributed by atoms with Gasteiger partial charge in [0.05, 0.1) is 7.11 Å². The fourth-order valence-corrected chi connectivity index (χ4v) is 1.21. The highest BCUT2D eigenvalue weighted by molar-refractivity contribution is 5.88. The van der Waals surface area contributed by atoms with E-state index in [9.17, 15) is 4.79 Å². The van der Waals surface area contributed by atoms with Crippen LogP contribution in [-0.2, 0) is 9.53 Å². The number of nitrogens with zero attached hydrogens (tertiary/aromatic N) is 1. The minimum atomic E-state index is -0.338. The van der Waals surface area contributed by atoms with Crippen LogP contribution in [0.5, 0.6) is 0 Å². The van der Waals surface area contributed by atoms with Crippen molar-refractivity contribution in [2.45, 2.75) is 13.3 Å². The van der Waals surface area contributed by atoms with E-state index in [2.05, 4.69) is 29.7 Å². The summed E-state index contributed by atoms with van der Waals surface area (Å²) in [5.74, 6) is -0.338. The summed E-state index contributed by atoms with van der Waals surface area (Å²) in [4.78, 5) is 13.2. The van der Waals surface area contributed by atoms with Gasteiger partial charge in [-0.3, -0.25) is 4.90 Å². The number of ether oxygens (including phenoxy) is 1. The molecule has 0 bridgehead atoms. The maximum absolute atomic E-state index is 11.1. The average Bonchev–Trinajstić information content (AvgIpc) is 2.17. The van der Waals surface area contributed by atoms with Gasteiger partial charge < -0.3 is 4.74 Å². The van der Waals surface area contributed by atoms with Gasteiger partial charge in [-0.25, -0.2) is 4.79 Å². The second-order valence-electron chi connectivity index (χ2n) is 3.12. The van der Waals surface area contributed by atoms with E-state index in [1.54, 1.807) is 0 Å². The molecule has 0 saturated carbocycles. The van der Waals surface area contributed by atoms with Gasteiger partial charge in [0.1, 0.15) is 0 Å². The highest BCUT2D eigenvalue weighted by atomic mass is 16.5. The molecule has 0 N–H and O–H groups in total. The standard InChI is InChI=1S/C11H19NO2/c1-5-7-12(8-6-2)9-10(3)11(13)14-4/h5H,1,3,6-9H2,2,4H3. The van der Waals surface area contributed by atoms with E-state index in [0.717, 1.165) is 19.5 Å². The van der Waals surface area contributed by atoms with E-state index in [1.165, 1.54) is 7.11 Å². The Morgan fingerprint density at radius 1 is 1.57 bits per heavy atom. The maximum Gasteiger partial charge on any atom is 0.334 e. The number of esters is 1. The summed E-state index contributed by atoms with van der Waals surface area (Å²) in [7, 11) is 1.37. The quantitative estimate of drug-likeness (QED) is 0.353. The minimum Gasteiger partial charge on any atom is -0.466 e. The SMILES string of the molecule is C=CCN(CCC)CC(=C)C(=O)OC. The number of methoxy groups -OCH3 is 1. The lowest BCUT2D eigenvalue weighted by molar-refractivity contribution is -0.136. The smallest absolute Gasteiger partial charge is 0.334 e. The lowest BCUT2D eigenvalue weighted by Crippen LogP contribution is -2.29. The molecule has 0 unspecified atom stereocenters. The zero-order chi connectivity index (χ0) is 11.0. The second kappa shape index (κ2) is 7.33. The largest absolute Gasteiger partial charge is 0.466 e. The van der Waals surface area contributed by atoms with Crippen molar-refractivity contribution in [2.75, 3.05) is 26.7 Å². The fraction of sp³-hybridized carbons (Fsp3) is 0.545.